The van der Waals surface area contributed by atoms with Gasteiger partial charge in [0.25, 0.3) is 0 Å². The lowest BCUT2D eigenvalue weighted by molar-refractivity contribution is 0.191. The van der Waals surface area contributed by atoms with Crippen LogP contribution in [0.15, 0.2) is 20.1 Å². The van der Waals surface area contributed by atoms with Crippen LogP contribution in [-0.2, 0) is 10.0 Å². The lowest BCUT2D eigenvalue weighted by Gasteiger charge is -2.30. The molecule has 0 saturated carbocycles. The highest BCUT2D eigenvalue weighted by molar-refractivity contribution is 9.11. The molecule has 20 heavy (non-hydrogen) atoms. The number of thiophene rings is 1. The summed E-state index contributed by atoms with van der Waals surface area (Å²) in [5.74, 6) is 0.835. The van der Waals surface area contributed by atoms with Crippen molar-refractivity contribution in [3.05, 3.63) is 15.9 Å². The Balaban J connectivity index is 1.70. The molecule has 1 aromatic rings. The molecular formula is C13H21BrN2O2S2. The molecule has 7 heteroatoms. The van der Waals surface area contributed by atoms with E-state index >= 15 is 0 Å². The summed E-state index contributed by atoms with van der Waals surface area (Å²) >= 11 is 4.52. The third kappa shape index (κ3) is 4.80. The van der Waals surface area contributed by atoms with Gasteiger partial charge in [-0.1, -0.05) is 6.92 Å². The molecule has 0 spiro atoms. The smallest absolute Gasteiger partial charge is 0.250 e. The lowest BCUT2D eigenvalue weighted by Crippen LogP contribution is -2.35. The minimum atomic E-state index is -3.33. The number of sulfonamides is 1. The zero-order chi connectivity index (χ0) is 14.6. The summed E-state index contributed by atoms with van der Waals surface area (Å²) in [5.41, 5.74) is 0. The van der Waals surface area contributed by atoms with E-state index in [4.69, 9.17) is 0 Å². The first-order valence-electron chi connectivity index (χ1n) is 6.95. The molecule has 2 rings (SSSR count). The van der Waals surface area contributed by atoms with Crippen LogP contribution in [0.4, 0.5) is 0 Å². The number of nitrogens with one attached hydrogen (secondary N) is 1. The van der Waals surface area contributed by atoms with Crippen molar-refractivity contribution >= 4 is 37.3 Å². The van der Waals surface area contributed by atoms with Gasteiger partial charge in [-0.2, -0.15) is 0 Å². The van der Waals surface area contributed by atoms with Crippen LogP contribution >= 0.6 is 27.3 Å². The van der Waals surface area contributed by atoms with Gasteiger partial charge in [-0.3, -0.25) is 0 Å². The predicted octanol–water partition coefficient (Wildman–Crippen LogP) is 2.91. The Kier molecular flexibility index (Phi) is 6.04. The van der Waals surface area contributed by atoms with Gasteiger partial charge >= 0.3 is 0 Å². The van der Waals surface area contributed by atoms with Crippen LogP contribution in [0.1, 0.15) is 26.2 Å². The lowest BCUT2D eigenvalue weighted by atomic mass is 9.99. The molecule has 0 aromatic carbocycles. The molecule has 0 atom stereocenters. The normalized spacial score (nSPS) is 18.5. The van der Waals surface area contributed by atoms with E-state index in [-0.39, 0.29) is 0 Å². The van der Waals surface area contributed by atoms with Crippen molar-refractivity contribution in [1.29, 1.82) is 0 Å². The summed E-state index contributed by atoms with van der Waals surface area (Å²) in [6.07, 6.45) is 3.38. The number of rotatable bonds is 6. The molecular weight excluding hydrogens is 360 g/mol. The molecule has 1 aromatic heterocycles. The van der Waals surface area contributed by atoms with Crippen LogP contribution in [0, 0.1) is 5.92 Å². The summed E-state index contributed by atoms with van der Waals surface area (Å²) in [5, 5.41) is 0. The van der Waals surface area contributed by atoms with E-state index in [2.05, 4.69) is 32.5 Å². The van der Waals surface area contributed by atoms with Gasteiger partial charge < -0.3 is 4.90 Å². The van der Waals surface area contributed by atoms with Crippen molar-refractivity contribution in [3.63, 3.8) is 0 Å². The zero-order valence-electron chi connectivity index (χ0n) is 11.6. The van der Waals surface area contributed by atoms with Gasteiger partial charge in [0.05, 0.1) is 3.79 Å². The fourth-order valence-electron chi connectivity index (χ4n) is 2.31. The van der Waals surface area contributed by atoms with Crippen molar-refractivity contribution in [2.24, 2.45) is 5.92 Å². The maximum absolute atomic E-state index is 12.0. The first-order valence-corrected chi connectivity index (χ1v) is 10.0. The minimum Gasteiger partial charge on any atom is -0.303 e. The monoisotopic (exact) mass is 380 g/mol. The van der Waals surface area contributed by atoms with Crippen molar-refractivity contribution in [2.45, 2.75) is 30.4 Å². The van der Waals surface area contributed by atoms with Crippen LogP contribution in [0.5, 0.6) is 0 Å². The van der Waals surface area contributed by atoms with Crippen LogP contribution in [0.2, 0.25) is 0 Å². The average Bonchev–Trinajstić information content (AvgIpc) is 2.84. The summed E-state index contributed by atoms with van der Waals surface area (Å²) < 4.78 is 27.9. The molecule has 4 nitrogen and oxygen atoms in total. The molecule has 0 bridgehead atoms. The summed E-state index contributed by atoms with van der Waals surface area (Å²) in [6, 6.07) is 3.39. The van der Waals surface area contributed by atoms with E-state index in [9.17, 15) is 8.42 Å². The molecule has 0 amide bonds. The molecule has 0 unspecified atom stereocenters. The Morgan fingerprint density at radius 2 is 2.10 bits per heavy atom. The first kappa shape index (κ1) is 16.4. The maximum atomic E-state index is 12.0. The van der Waals surface area contributed by atoms with Gasteiger partial charge in [0.1, 0.15) is 4.21 Å². The quantitative estimate of drug-likeness (QED) is 0.771. The predicted molar refractivity (Wildman–Crippen MR) is 86.7 cm³/mol. The molecule has 1 fully saturated rings. The Morgan fingerprint density at radius 3 is 2.70 bits per heavy atom. The first-order chi connectivity index (χ1) is 9.47. The Morgan fingerprint density at radius 1 is 1.40 bits per heavy atom. The number of halogens is 1. The number of hydrogen-bond donors (Lipinski definition) is 1. The van der Waals surface area contributed by atoms with Crippen molar-refractivity contribution in [3.8, 4) is 0 Å². The van der Waals surface area contributed by atoms with Crippen molar-refractivity contribution in [2.75, 3.05) is 26.2 Å². The molecule has 1 saturated heterocycles. The Labute approximate surface area is 133 Å². The third-order valence-electron chi connectivity index (χ3n) is 3.63. The van der Waals surface area contributed by atoms with E-state index in [1.54, 1.807) is 12.1 Å². The van der Waals surface area contributed by atoms with Crippen LogP contribution in [0.3, 0.4) is 0 Å². The van der Waals surface area contributed by atoms with Crippen LogP contribution < -0.4 is 4.72 Å². The van der Waals surface area contributed by atoms with E-state index < -0.39 is 10.0 Å². The van der Waals surface area contributed by atoms with Gasteiger partial charge in [-0.15, -0.1) is 11.3 Å². The number of likely N-dealkylation sites (tertiary alicyclic amines) is 1. The van der Waals surface area contributed by atoms with Gasteiger partial charge in [-0.25, -0.2) is 13.1 Å². The van der Waals surface area contributed by atoms with Gasteiger partial charge in [0.2, 0.25) is 10.0 Å². The molecule has 1 aliphatic rings. The molecule has 0 radical (unpaired) electrons. The van der Waals surface area contributed by atoms with Gasteiger partial charge in [-0.05, 0) is 72.9 Å². The highest BCUT2D eigenvalue weighted by atomic mass is 79.9. The highest BCUT2D eigenvalue weighted by Gasteiger charge is 2.17. The number of nitrogens with zero attached hydrogens (tertiary/aromatic N) is 1. The van der Waals surface area contributed by atoms with Crippen molar-refractivity contribution < 1.29 is 8.42 Å². The fraction of sp³-hybridized carbons (Fsp3) is 0.692. The maximum Gasteiger partial charge on any atom is 0.250 e. The standard InChI is InChI=1S/C13H21BrN2O2S2/c1-11-5-9-16(10-6-11)8-2-7-15-20(17,18)13-4-3-12(14)19-13/h3-4,11,15H,2,5-10H2,1H3. The zero-order valence-corrected chi connectivity index (χ0v) is 14.9. The number of piperidine rings is 1. The molecule has 0 aliphatic carbocycles. The summed E-state index contributed by atoms with van der Waals surface area (Å²) in [6.45, 7) is 6.06. The largest absolute Gasteiger partial charge is 0.303 e. The second kappa shape index (κ2) is 7.35. The van der Waals surface area contributed by atoms with E-state index in [0.717, 1.165) is 35.8 Å². The van der Waals surface area contributed by atoms with Gasteiger partial charge in [0, 0.05) is 6.54 Å². The minimum absolute atomic E-state index is 0.371. The van der Waals surface area contributed by atoms with E-state index in [1.807, 2.05) is 0 Å². The average molecular weight is 381 g/mol. The summed E-state index contributed by atoms with van der Waals surface area (Å²) in [7, 11) is -3.33. The molecule has 114 valence electrons. The summed E-state index contributed by atoms with van der Waals surface area (Å²) in [4.78, 5) is 2.43. The third-order valence-corrected chi connectivity index (χ3v) is 7.21. The molecule has 1 N–H and O–H groups in total. The Hall–Kier alpha value is 0.0500. The van der Waals surface area contributed by atoms with Crippen molar-refractivity contribution in [1.82, 2.24) is 9.62 Å². The SMILES string of the molecule is CC1CCN(CCCNS(=O)(=O)c2ccc(Br)s2)CC1. The second-order valence-corrected chi connectivity index (χ2v) is 9.79. The molecule has 2 heterocycles. The van der Waals surface area contributed by atoms with Crippen LogP contribution in [0.25, 0.3) is 0 Å². The van der Waals surface area contributed by atoms with E-state index in [1.165, 1.54) is 24.2 Å². The van der Waals surface area contributed by atoms with Crippen LogP contribution in [-0.4, -0.2) is 39.5 Å². The van der Waals surface area contributed by atoms with E-state index in [0.29, 0.717) is 10.8 Å². The van der Waals surface area contributed by atoms with Gasteiger partial charge in [0.15, 0.2) is 0 Å². The second-order valence-electron chi connectivity index (χ2n) is 5.33. The topological polar surface area (TPSA) is 49.4 Å². The number of hydrogen-bond acceptors (Lipinski definition) is 4. The molecule has 1 aliphatic heterocycles. The Bertz CT molecular complexity index is 522. The highest BCUT2D eigenvalue weighted by Crippen LogP contribution is 2.25. The fourth-order valence-corrected chi connectivity index (χ4v) is 5.44.